The molecular formula is C25H28N6O2. The van der Waals surface area contributed by atoms with E-state index in [2.05, 4.69) is 26.7 Å². The smallest absolute Gasteiger partial charge is 0.254 e. The van der Waals surface area contributed by atoms with Crippen LogP contribution in [0.25, 0.3) is 16.9 Å². The van der Waals surface area contributed by atoms with E-state index < -0.39 is 0 Å². The van der Waals surface area contributed by atoms with Gasteiger partial charge in [0.1, 0.15) is 23.8 Å². The fourth-order valence-corrected chi connectivity index (χ4v) is 4.32. The van der Waals surface area contributed by atoms with Gasteiger partial charge in [-0.05, 0) is 57.6 Å². The van der Waals surface area contributed by atoms with Crippen LogP contribution in [0.1, 0.15) is 55.5 Å². The Bertz CT molecular complexity index is 1200. The Morgan fingerprint density at radius 1 is 1.24 bits per heavy atom. The predicted octanol–water partition coefficient (Wildman–Crippen LogP) is 3.85. The van der Waals surface area contributed by atoms with Gasteiger partial charge in [-0.15, -0.1) is 0 Å². The van der Waals surface area contributed by atoms with E-state index in [4.69, 9.17) is 5.26 Å². The highest BCUT2D eigenvalue weighted by Crippen LogP contribution is 2.27. The largest absolute Gasteiger partial charge is 0.382 e. The number of nitriles is 1. The van der Waals surface area contributed by atoms with Crippen molar-refractivity contribution < 1.29 is 9.59 Å². The number of aldehydes is 1. The first-order chi connectivity index (χ1) is 16.0. The normalized spacial score (nSPS) is 18.1. The van der Waals surface area contributed by atoms with Gasteiger partial charge in [-0.3, -0.25) is 9.36 Å². The number of carbonyl (C=O) groups is 2. The van der Waals surface area contributed by atoms with Gasteiger partial charge in [0.25, 0.3) is 5.91 Å². The second kappa shape index (κ2) is 9.82. The molecule has 3 aromatic heterocycles. The molecule has 8 nitrogen and oxygen atoms in total. The number of amides is 1. The summed E-state index contributed by atoms with van der Waals surface area (Å²) in [6, 6.07) is 7.76. The third-order valence-corrected chi connectivity index (χ3v) is 6.12. The number of hydrogen-bond acceptors (Lipinski definition) is 6. The summed E-state index contributed by atoms with van der Waals surface area (Å²) in [5, 5.41) is 16.4. The van der Waals surface area contributed by atoms with Crippen molar-refractivity contribution in [1.29, 1.82) is 5.26 Å². The Morgan fingerprint density at radius 2 is 2.03 bits per heavy atom. The molecule has 0 saturated heterocycles. The summed E-state index contributed by atoms with van der Waals surface area (Å²) in [6.07, 6.45) is 9.75. The van der Waals surface area contributed by atoms with Crippen molar-refractivity contribution in [3.05, 3.63) is 47.9 Å². The Morgan fingerprint density at radius 3 is 2.73 bits per heavy atom. The fraction of sp³-hybridized carbons (Fsp3) is 0.400. The quantitative estimate of drug-likeness (QED) is 0.535. The number of anilines is 1. The van der Waals surface area contributed by atoms with Crippen LogP contribution in [0.3, 0.4) is 0 Å². The zero-order valence-corrected chi connectivity index (χ0v) is 18.9. The van der Waals surface area contributed by atoms with Crippen molar-refractivity contribution in [2.45, 2.75) is 45.6 Å². The number of nitrogens with zero attached hydrogens (tertiary/aromatic N) is 4. The van der Waals surface area contributed by atoms with Gasteiger partial charge >= 0.3 is 0 Å². The Hall–Kier alpha value is -3.73. The summed E-state index contributed by atoms with van der Waals surface area (Å²) >= 11 is 0. The average molecular weight is 445 g/mol. The van der Waals surface area contributed by atoms with Gasteiger partial charge in [0.05, 0.1) is 16.8 Å². The molecule has 4 rings (SSSR count). The van der Waals surface area contributed by atoms with Crippen LogP contribution >= 0.6 is 0 Å². The van der Waals surface area contributed by atoms with Gasteiger partial charge in [-0.25, -0.2) is 9.97 Å². The predicted molar refractivity (Wildman–Crippen MR) is 126 cm³/mol. The maximum absolute atomic E-state index is 13.0. The van der Waals surface area contributed by atoms with E-state index in [0.29, 0.717) is 40.7 Å². The molecule has 3 aromatic rings. The minimum Gasteiger partial charge on any atom is -0.382 e. The second-order valence-electron chi connectivity index (χ2n) is 8.95. The molecule has 170 valence electrons. The van der Waals surface area contributed by atoms with Crippen molar-refractivity contribution >= 4 is 28.9 Å². The van der Waals surface area contributed by atoms with E-state index >= 15 is 0 Å². The minimum absolute atomic E-state index is 0.128. The molecule has 0 atom stereocenters. The maximum atomic E-state index is 13.0. The number of nitrogens with one attached hydrogen (secondary N) is 2. The van der Waals surface area contributed by atoms with Crippen LogP contribution in [0.15, 0.2) is 36.8 Å². The molecule has 0 unspecified atom stereocenters. The van der Waals surface area contributed by atoms with Crippen LogP contribution in [0.2, 0.25) is 0 Å². The highest BCUT2D eigenvalue weighted by atomic mass is 16.1. The Labute approximate surface area is 193 Å². The summed E-state index contributed by atoms with van der Waals surface area (Å²) in [5.74, 6) is 1.04. The number of pyridine rings is 2. The molecular weight excluding hydrogens is 416 g/mol. The third kappa shape index (κ3) is 5.03. The van der Waals surface area contributed by atoms with E-state index in [1.807, 2.05) is 36.7 Å². The molecule has 1 saturated carbocycles. The van der Waals surface area contributed by atoms with E-state index in [9.17, 15) is 9.59 Å². The van der Waals surface area contributed by atoms with Gasteiger partial charge in [0.2, 0.25) is 0 Å². The number of fused-ring (bicyclic) bond motifs is 1. The highest BCUT2D eigenvalue weighted by Gasteiger charge is 2.22. The SMILES string of the molecule is CC(C)Nc1cc(-n2ccc3cc(C#N)cnc32)ncc1C(=O)NCC1CCC(C=O)CC1. The lowest BCUT2D eigenvalue weighted by Gasteiger charge is -2.25. The summed E-state index contributed by atoms with van der Waals surface area (Å²) in [7, 11) is 0. The molecule has 8 heteroatoms. The summed E-state index contributed by atoms with van der Waals surface area (Å²) < 4.78 is 1.84. The zero-order valence-electron chi connectivity index (χ0n) is 18.9. The lowest BCUT2D eigenvalue weighted by atomic mass is 9.83. The molecule has 0 bridgehead atoms. The molecule has 33 heavy (non-hydrogen) atoms. The van der Waals surface area contributed by atoms with Gasteiger partial charge in [-0.2, -0.15) is 5.26 Å². The first-order valence-electron chi connectivity index (χ1n) is 11.4. The minimum atomic E-state index is -0.163. The summed E-state index contributed by atoms with van der Waals surface area (Å²) in [5.41, 5.74) is 2.39. The van der Waals surface area contributed by atoms with Gasteiger partial charge in [-0.1, -0.05) is 0 Å². The molecule has 1 fully saturated rings. The molecule has 1 aliphatic rings. The molecule has 0 aliphatic heterocycles. The molecule has 3 heterocycles. The lowest BCUT2D eigenvalue weighted by Crippen LogP contribution is -2.32. The number of rotatable bonds is 7. The van der Waals surface area contributed by atoms with Crippen LogP contribution in [0.4, 0.5) is 5.69 Å². The van der Waals surface area contributed by atoms with Gasteiger partial charge in [0, 0.05) is 48.5 Å². The average Bonchev–Trinajstić information content (AvgIpc) is 3.25. The van der Waals surface area contributed by atoms with Crippen LogP contribution in [0.5, 0.6) is 0 Å². The van der Waals surface area contributed by atoms with E-state index in [1.54, 1.807) is 12.3 Å². The van der Waals surface area contributed by atoms with Crippen LogP contribution in [-0.4, -0.2) is 39.3 Å². The monoisotopic (exact) mass is 444 g/mol. The summed E-state index contributed by atoms with van der Waals surface area (Å²) in [4.78, 5) is 32.9. The number of aromatic nitrogens is 3. The van der Waals surface area contributed by atoms with Crippen molar-refractivity contribution in [1.82, 2.24) is 19.9 Å². The Balaban J connectivity index is 1.55. The van der Waals surface area contributed by atoms with Crippen molar-refractivity contribution in [2.24, 2.45) is 11.8 Å². The van der Waals surface area contributed by atoms with Crippen molar-refractivity contribution in [2.75, 3.05) is 11.9 Å². The lowest BCUT2D eigenvalue weighted by molar-refractivity contribution is -0.112. The van der Waals surface area contributed by atoms with Crippen LogP contribution in [-0.2, 0) is 4.79 Å². The standard InChI is InChI=1S/C25H28N6O2/c1-16(2)30-22-10-23(31-8-7-20-9-19(11-26)13-28-24(20)31)27-14-21(22)25(33)29-12-17-3-5-18(15-32)6-4-17/h7-10,13-18H,3-6,12H2,1-2H3,(H,27,30)(H,29,33). The molecule has 0 aromatic carbocycles. The van der Waals surface area contributed by atoms with E-state index in [1.165, 1.54) is 6.20 Å². The van der Waals surface area contributed by atoms with E-state index in [0.717, 1.165) is 37.4 Å². The molecule has 0 radical (unpaired) electrons. The maximum Gasteiger partial charge on any atom is 0.254 e. The van der Waals surface area contributed by atoms with Crippen molar-refractivity contribution in [3.63, 3.8) is 0 Å². The van der Waals surface area contributed by atoms with Gasteiger partial charge in [0.15, 0.2) is 0 Å². The summed E-state index contributed by atoms with van der Waals surface area (Å²) in [6.45, 7) is 4.63. The zero-order chi connectivity index (χ0) is 23.4. The first kappa shape index (κ1) is 22.5. The van der Waals surface area contributed by atoms with Crippen LogP contribution < -0.4 is 10.6 Å². The fourth-order valence-electron chi connectivity index (χ4n) is 4.32. The molecule has 1 aliphatic carbocycles. The molecule has 1 amide bonds. The second-order valence-corrected chi connectivity index (χ2v) is 8.95. The van der Waals surface area contributed by atoms with Crippen molar-refractivity contribution in [3.8, 4) is 11.9 Å². The highest BCUT2D eigenvalue weighted by molar-refractivity contribution is 5.99. The van der Waals surface area contributed by atoms with Gasteiger partial charge < -0.3 is 15.4 Å². The molecule has 2 N–H and O–H groups in total. The third-order valence-electron chi connectivity index (χ3n) is 6.12. The molecule has 0 spiro atoms. The Kier molecular flexibility index (Phi) is 6.68. The number of carbonyl (C=O) groups excluding carboxylic acids is 2. The van der Waals surface area contributed by atoms with E-state index in [-0.39, 0.29) is 17.9 Å². The topological polar surface area (TPSA) is 113 Å². The first-order valence-corrected chi connectivity index (χ1v) is 11.4. The number of hydrogen-bond donors (Lipinski definition) is 2. The van der Waals surface area contributed by atoms with Crippen LogP contribution in [0, 0.1) is 23.2 Å².